The lowest BCUT2D eigenvalue weighted by Gasteiger charge is -2.26. The van der Waals surface area contributed by atoms with E-state index in [-0.39, 0.29) is 5.41 Å². The molecule has 2 unspecified atom stereocenters. The first-order valence-corrected chi connectivity index (χ1v) is 8.92. The first kappa shape index (κ1) is 19.6. The zero-order valence-electron chi connectivity index (χ0n) is 16.3. The lowest BCUT2D eigenvalue weighted by Crippen LogP contribution is -2.16. The largest absolute Gasteiger partial charge is 0.493 e. The summed E-state index contributed by atoms with van der Waals surface area (Å²) in [6.07, 6.45) is 0.923. The van der Waals surface area contributed by atoms with Crippen molar-refractivity contribution in [2.45, 2.75) is 73.1 Å². The van der Waals surface area contributed by atoms with Crippen molar-refractivity contribution in [2.24, 2.45) is 11.8 Å². The zero-order chi connectivity index (χ0) is 17.6. The highest BCUT2D eigenvalue weighted by Gasteiger charge is 2.22. The van der Waals surface area contributed by atoms with Gasteiger partial charge in [0.25, 0.3) is 0 Å². The third kappa shape index (κ3) is 5.94. The number of ether oxygens (including phenoxy) is 1. The van der Waals surface area contributed by atoms with Crippen LogP contribution in [0.15, 0.2) is 18.2 Å². The molecule has 0 aromatic heterocycles. The molecule has 0 N–H and O–H groups in total. The first-order chi connectivity index (χ1) is 10.7. The molecular weight excluding hydrogens is 280 g/mol. The van der Waals surface area contributed by atoms with E-state index in [0.29, 0.717) is 17.8 Å². The van der Waals surface area contributed by atoms with Crippen molar-refractivity contribution in [3.8, 4) is 17.6 Å². The Kier molecular flexibility index (Phi) is 7.20. The maximum atomic E-state index is 6.06. The van der Waals surface area contributed by atoms with Crippen LogP contribution in [0.3, 0.4) is 0 Å². The monoisotopic (exact) mass is 314 g/mol. The SMILES string of the molecule is CCC#CC(C)C(C)c1ccc(OCC(C)C)c(C(C)(C)C)c1. The summed E-state index contributed by atoms with van der Waals surface area (Å²) in [6.45, 7) is 18.5. The van der Waals surface area contributed by atoms with Gasteiger partial charge in [-0.25, -0.2) is 0 Å². The van der Waals surface area contributed by atoms with Crippen LogP contribution in [0.2, 0.25) is 0 Å². The molecule has 0 heterocycles. The molecule has 128 valence electrons. The van der Waals surface area contributed by atoms with Gasteiger partial charge in [0.05, 0.1) is 6.61 Å². The third-order valence-corrected chi connectivity index (χ3v) is 4.17. The van der Waals surface area contributed by atoms with E-state index in [2.05, 4.69) is 85.4 Å². The summed E-state index contributed by atoms with van der Waals surface area (Å²) < 4.78 is 6.06. The van der Waals surface area contributed by atoms with E-state index in [4.69, 9.17) is 4.74 Å². The van der Waals surface area contributed by atoms with Gasteiger partial charge in [-0.05, 0) is 34.4 Å². The molecule has 0 bridgehead atoms. The molecule has 1 aromatic carbocycles. The summed E-state index contributed by atoms with van der Waals surface area (Å²) in [5.74, 6) is 8.92. The van der Waals surface area contributed by atoms with Crippen molar-refractivity contribution >= 4 is 0 Å². The lowest BCUT2D eigenvalue weighted by molar-refractivity contribution is 0.264. The van der Waals surface area contributed by atoms with E-state index in [9.17, 15) is 0 Å². The summed E-state index contributed by atoms with van der Waals surface area (Å²) in [6, 6.07) is 6.68. The van der Waals surface area contributed by atoms with Crippen LogP contribution in [0.5, 0.6) is 5.75 Å². The fourth-order valence-corrected chi connectivity index (χ4v) is 2.48. The van der Waals surface area contributed by atoms with Crippen molar-refractivity contribution in [1.29, 1.82) is 0 Å². The Balaban J connectivity index is 3.13. The molecule has 1 aromatic rings. The molecule has 2 atom stereocenters. The number of benzene rings is 1. The van der Waals surface area contributed by atoms with E-state index in [1.807, 2.05) is 0 Å². The van der Waals surface area contributed by atoms with Crippen LogP contribution in [-0.4, -0.2) is 6.61 Å². The molecule has 0 amide bonds. The second-order valence-electron chi connectivity index (χ2n) is 7.96. The molecule has 0 spiro atoms. The normalized spacial score (nSPS) is 14.1. The van der Waals surface area contributed by atoms with Crippen LogP contribution in [0, 0.1) is 23.7 Å². The molecule has 1 heteroatoms. The number of rotatable bonds is 5. The summed E-state index contributed by atoms with van der Waals surface area (Å²) in [5, 5.41) is 0. The quantitative estimate of drug-likeness (QED) is 0.590. The third-order valence-electron chi connectivity index (χ3n) is 4.17. The smallest absolute Gasteiger partial charge is 0.123 e. The Bertz CT molecular complexity index is 552. The van der Waals surface area contributed by atoms with Crippen LogP contribution in [0.25, 0.3) is 0 Å². The van der Waals surface area contributed by atoms with Crippen LogP contribution in [0.4, 0.5) is 0 Å². The molecule has 0 radical (unpaired) electrons. The van der Waals surface area contributed by atoms with Crippen LogP contribution in [0.1, 0.15) is 78.9 Å². The van der Waals surface area contributed by atoms with E-state index < -0.39 is 0 Å². The van der Waals surface area contributed by atoms with Gasteiger partial charge in [-0.2, -0.15) is 0 Å². The standard InChI is InChI=1S/C22H34O/c1-9-10-11-17(4)18(5)19-12-13-21(23-15-16(2)3)20(14-19)22(6,7)8/h12-14,16-18H,9,15H2,1-8H3. The number of hydrogen-bond acceptors (Lipinski definition) is 1. The average Bonchev–Trinajstić information content (AvgIpc) is 2.48. The van der Waals surface area contributed by atoms with Crippen molar-refractivity contribution < 1.29 is 4.74 Å². The minimum Gasteiger partial charge on any atom is -0.493 e. The van der Waals surface area contributed by atoms with Gasteiger partial charge in [-0.15, -0.1) is 5.92 Å². The van der Waals surface area contributed by atoms with Gasteiger partial charge in [0.2, 0.25) is 0 Å². The van der Waals surface area contributed by atoms with Crippen molar-refractivity contribution in [2.75, 3.05) is 6.61 Å². The highest BCUT2D eigenvalue weighted by Crippen LogP contribution is 2.35. The molecule has 0 fully saturated rings. The molecule has 0 aliphatic heterocycles. The minimum atomic E-state index is 0.0698. The van der Waals surface area contributed by atoms with Crippen LogP contribution < -0.4 is 4.74 Å². The molecule has 0 saturated carbocycles. The minimum absolute atomic E-state index is 0.0698. The van der Waals surface area contributed by atoms with Crippen LogP contribution >= 0.6 is 0 Å². The Morgan fingerprint density at radius 1 is 1.09 bits per heavy atom. The Morgan fingerprint density at radius 2 is 1.74 bits per heavy atom. The average molecular weight is 315 g/mol. The van der Waals surface area contributed by atoms with E-state index in [1.165, 1.54) is 11.1 Å². The second kappa shape index (κ2) is 8.44. The van der Waals surface area contributed by atoms with Gasteiger partial charge in [0.1, 0.15) is 5.75 Å². The van der Waals surface area contributed by atoms with Crippen molar-refractivity contribution in [1.82, 2.24) is 0 Å². The van der Waals surface area contributed by atoms with Gasteiger partial charge < -0.3 is 4.74 Å². The van der Waals surface area contributed by atoms with Gasteiger partial charge in [0.15, 0.2) is 0 Å². The van der Waals surface area contributed by atoms with Gasteiger partial charge in [-0.1, -0.05) is 73.4 Å². The summed E-state index contributed by atoms with van der Waals surface area (Å²) in [4.78, 5) is 0. The van der Waals surface area contributed by atoms with Crippen LogP contribution in [-0.2, 0) is 5.41 Å². The fourth-order valence-electron chi connectivity index (χ4n) is 2.48. The second-order valence-corrected chi connectivity index (χ2v) is 7.96. The van der Waals surface area contributed by atoms with E-state index >= 15 is 0 Å². The molecule has 23 heavy (non-hydrogen) atoms. The van der Waals surface area contributed by atoms with Gasteiger partial charge in [0, 0.05) is 12.3 Å². The number of hydrogen-bond donors (Lipinski definition) is 0. The zero-order valence-corrected chi connectivity index (χ0v) is 16.3. The van der Waals surface area contributed by atoms with E-state index in [0.717, 1.165) is 18.8 Å². The van der Waals surface area contributed by atoms with Crippen molar-refractivity contribution in [3.63, 3.8) is 0 Å². The summed E-state index contributed by atoms with van der Waals surface area (Å²) in [7, 11) is 0. The highest BCUT2D eigenvalue weighted by atomic mass is 16.5. The highest BCUT2D eigenvalue weighted by molar-refractivity contribution is 5.43. The molecule has 0 aliphatic rings. The van der Waals surface area contributed by atoms with E-state index in [1.54, 1.807) is 0 Å². The lowest BCUT2D eigenvalue weighted by atomic mass is 9.81. The first-order valence-electron chi connectivity index (χ1n) is 8.92. The van der Waals surface area contributed by atoms with Gasteiger partial charge >= 0.3 is 0 Å². The maximum absolute atomic E-state index is 6.06. The molecule has 1 nitrogen and oxygen atoms in total. The topological polar surface area (TPSA) is 9.23 Å². The summed E-state index contributed by atoms with van der Waals surface area (Å²) in [5.41, 5.74) is 2.71. The predicted octanol–water partition coefficient (Wildman–Crippen LogP) is 6.17. The predicted molar refractivity (Wildman–Crippen MR) is 101 cm³/mol. The Hall–Kier alpha value is -1.42. The Labute approximate surface area is 143 Å². The van der Waals surface area contributed by atoms with Crippen molar-refractivity contribution in [3.05, 3.63) is 29.3 Å². The Morgan fingerprint density at radius 3 is 2.26 bits per heavy atom. The molecule has 1 rings (SSSR count). The van der Waals surface area contributed by atoms with Gasteiger partial charge in [-0.3, -0.25) is 0 Å². The summed E-state index contributed by atoms with van der Waals surface area (Å²) >= 11 is 0. The molecule has 0 aliphatic carbocycles. The fraction of sp³-hybridized carbons (Fsp3) is 0.636. The maximum Gasteiger partial charge on any atom is 0.123 e. The molecular formula is C22H34O. The molecule has 0 saturated heterocycles.